The molecular formula is C14H12ClNO5S. The lowest BCUT2D eigenvalue weighted by atomic mass is 10.1. The zero-order chi connectivity index (χ0) is 16.5. The third kappa shape index (κ3) is 3.75. The Morgan fingerprint density at radius 1 is 1.14 bits per heavy atom. The molecule has 2 aromatic rings. The molecule has 0 saturated heterocycles. The molecule has 1 N–H and O–H groups in total. The van der Waals surface area contributed by atoms with Crippen LogP contribution in [0.3, 0.4) is 0 Å². The number of amides is 1. The van der Waals surface area contributed by atoms with Crippen LogP contribution in [0.2, 0.25) is 0 Å². The second kappa shape index (κ2) is 5.94. The first-order chi connectivity index (χ1) is 10.2. The van der Waals surface area contributed by atoms with Crippen LogP contribution in [0.25, 0.3) is 10.8 Å². The second-order valence-electron chi connectivity index (χ2n) is 4.57. The van der Waals surface area contributed by atoms with Gasteiger partial charge in [-0.2, -0.15) is 0 Å². The van der Waals surface area contributed by atoms with Gasteiger partial charge in [0.05, 0.1) is 4.90 Å². The maximum atomic E-state index is 11.5. The Kier molecular flexibility index (Phi) is 4.39. The Labute approximate surface area is 131 Å². The van der Waals surface area contributed by atoms with Gasteiger partial charge in [0.2, 0.25) is 5.91 Å². The van der Waals surface area contributed by atoms with Crippen LogP contribution >= 0.6 is 10.7 Å². The van der Waals surface area contributed by atoms with Crippen molar-refractivity contribution in [2.75, 3.05) is 5.32 Å². The average molecular weight is 342 g/mol. The number of nitrogens with one attached hydrogen (secondary N) is 1. The number of anilines is 1. The van der Waals surface area contributed by atoms with Crippen molar-refractivity contribution in [3.05, 3.63) is 30.3 Å². The smallest absolute Gasteiger partial charge is 0.308 e. The van der Waals surface area contributed by atoms with Crippen molar-refractivity contribution >= 4 is 48.1 Å². The van der Waals surface area contributed by atoms with E-state index in [1.807, 2.05) is 0 Å². The molecular weight excluding hydrogens is 330 g/mol. The molecule has 0 bridgehead atoms. The Bertz CT molecular complexity index is 876. The van der Waals surface area contributed by atoms with E-state index < -0.39 is 15.0 Å². The molecule has 0 aliphatic rings. The summed E-state index contributed by atoms with van der Waals surface area (Å²) in [6.45, 7) is 2.56. The number of carbonyl (C=O) groups excluding carboxylic acids is 2. The molecule has 0 heterocycles. The number of ether oxygens (including phenoxy) is 1. The van der Waals surface area contributed by atoms with E-state index in [0.717, 1.165) is 0 Å². The Morgan fingerprint density at radius 3 is 2.36 bits per heavy atom. The highest BCUT2D eigenvalue weighted by Gasteiger charge is 2.16. The first-order valence-electron chi connectivity index (χ1n) is 6.15. The monoisotopic (exact) mass is 341 g/mol. The summed E-state index contributed by atoms with van der Waals surface area (Å²) < 4.78 is 28.1. The maximum Gasteiger partial charge on any atom is 0.308 e. The van der Waals surface area contributed by atoms with Crippen LogP contribution in [0.5, 0.6) is 5.75 Å². The molecule has 0 spiro atoms. The van der Waals surface area contributed by atoms with E-state index in [2.05, 4.69) is 5.32 Å². The molecule has 2 aromatic carbocycles. The largest absolute Gasteiger partial charge is 0.426 e. The zero-order valence-electron chi connectivity index (χ0n) is 11.7. The molecule has 0 aliphatic heterocycles. The molecule has 0 aromatic heterocycles. The second-order valence-corrected chi connectivity index (χ2v) is 7.14. The highest BCUT2D eigenvalue weighted by atomic mass is 35.7. The molecule has 22 heavy (non-hydrogen) atoms. The van der Waals surface area contributed by atoms with Crippen LogP contribution in [0.4, 0.5) is 5.69 Å². The Morgan fingerprint density at radius 2 is 1.82 bits per heavy atom. The predicted molar refractivity (Wildman–Crippen MR) is 82.6 cm³/mol. The normalized spacial score (nSPS) is 11.2. The van der Waals surface area contributed by atoms with Crippen molar-refractivity contribution in [2.45, 2.75) is 18.7 Å². The number of hydrogen-bond donors (Lipinski definition) is 1. The Balaban J connectivity index is 2.70. The van der Waals surface area contributed by atoms with Crippen molar-refractivity contribution < 1.29 is 22.7 Å². The van der Waals surface area contributed by atoms with Crippen LogP contribution in [-0.4, -0.2) is 20.3 Å². The molecule has 0 aliphatic carbocycles. The van der Waals surface area contributed by atoms with Gasteiger partial charge in [0.15, 0.2) is 0 Å². The molecule has 6 nitrogen and oxygen atoms in total. The van der Waals surface area contributed by atoms with Gasteiger partial charge in [-0.25, -0.2) is 8.42 Å². The third-order valence-electron chi connectivity index (χ3n) is 2.74. The summed E-state index contributed by atoms with van der Waals surface area (Å²) in [7, 11) is 1.36. The summed E-state index contributed by atoms with van der Waals surface area (Å²) in [5.74, 6) is -0.768. The van der Waals surface area contributed by atoms with Crippen molar-refractivity contribution in [3.8, 4) is 5.75 Å². The lowest BCUT2D eigenvalue weighted by Crippen LogP contribution is -2.06. The van der Waals surface area contributed by atoms with Gasteiger partial charge in [-0.1, -0.05) is 0 Å². The standard InChI is InChI=1S/C14H12ClNO5S/c1-8(17)16-11-3-4-13-10(5-11)6-12(22(15,19)20)7-14(13)21-9(2)18/h3-7H,1-2H3,(H,16,17). The summed E-state index contributed by atoms with van der Waals surface area (Å²) in [6.07, 6.45) is 0. The van der Waals surface area contributed by atoms with Gasteiger partial charge in [0.1, 0.15) is 5.75 Å². The number of halogens is 1. The molecule has 0 atom stereocenters. The van der Waals surface area contributed by atoms with E-state index in [4.69, 9.17) is 15.4 Å². The van der Waals surface area contributed by atoms with Crippen molar-refractivity contribution in [1.29, 1.82) is 0 Å². The van der Waals surface area contributed by atoms with E-state index in [0.29, 0.717) is 16.5 Å². The minimum atomic E-state index is -3.99. The first kappa shape index (κ1) is 16.3. The minimum Gasteiger partial charge on any atom is -0.426 e. The summed E-state index contributed by atoms with van der Waals surface area (Å²) in [6, 6.07) is 7.32. The van der Waals surface area contributed by atoms with Gasteiger partial charge < -0.3 is 10.1 Å². The van der Waals surface area contributed by atoms with Gasteiger partial charge in [-0.3, -0.25) is 9.59 Å². The average Bonchev–Trinajstić information content (AvgIpc) is 2.35. The number of carbonyl (C=O) groups is 2. The molecule has 0 fully saturated rings. The fourth-order valence-electron chi connectivity index (χ4n) is 1.97. The summed E-state index contributed by atoms with van der Waals surface area (Å²) in [5, 5.41) is 3.57. The van der Waals surface area contributed by atoms with Gasteiger partial charge in [0.25, 0.3) is 9.05 Å². The lowest BCUT2D eigenvalue weighted by Gasteiger charge is -2.10. The first-order valence-corrected chi connectivity index (χ1v) is 8.46. The molecule has 116 valence electrons. The summed E-state index contributed by atoms with van der Waals surface area (Å²) in [5.41, 5.74) is 0.484. The van der Waals surface area contributed by atoms with Crippen LogP contribution in [0, 0.1) is 0 Å². The number of rotatable bonds is 3. The predicted octanol–water partition coefficient (Wildman–Crippen LogP) is 2.65. The van der Waals surface area contributed by atoms with E-state index in [-0.39, 0.29) is 16.6 Å². The van der Waals surface area contributed by atoms with Gasteiger partial charge in [0, 0.05) is 41.7 Å². The zero-order valence-corrected chi connectivity index (χ0v) is 13.3. The number of esters is 1. The number of fused-ring (bicyclic) bond motifs is 1. The molecule has 0 unspecified atom stereocenters. The van der Waals surface area contributed by atoms with E-state index in [9.17, 15) is 18.0 Å². The maximum absolute atomic E-state index is 11.5. The number of benzene rings is 2. The Hall–Kier alpha value is -2.12. The van der Waals surface area contributed by atoms with E-state index in [1.165, 1.54) is 26.0 Å². The SMILES string of the molecule is CC(=O)Nc1ccc2c(OC(C)=O)cc(S(=O)(=O)Cl)cc2c1. The lowest BCUT2D eigenvalue weighted by molar-refractivity contribution is -0.131. The molecule has 8 heteroatoms. The third-order valence-corrected chi connectivity index (χ3v) is 4.08. The molecule has 2 rings (SSSR count). The van der Waals surface area contributed by atoms with Gasteiger partial charge in [-0.15, -0.1) is 0 Å². The van der Waals surface area contributed by atoms with Crippen molar-refractivity contribution in [3.63, 3.8) is 0 Å². The van der Waals surface area contributed by atoms with E-state index >= 15 is 0 Å². The fraction of sp³-hybridized carbons (Fsp3) is 0.143. The van der Waals surface area contributed by atoms with Crippen LogP contribution < -0.4 is 10.1 Å². The molecule has 0 radical (unpaired) electrons. The molecule has 0 saturated carbocycles. The highest BCUT2D eigenvalue weighted by molar-refractivity contribution is 8.13. The van der Waals surface area contributed by atoms with Gasteiger partial charge >= 0.3 is 5.97 Å². The summed E-state index contributed by atoms with van der Waals surface area (Å²) in [4.78, 5) is 22.1. The van der Waals surface area contributed by atoms with E-state index in [1.54, 1.807) is 18.2 Å². The van der Waals surface area contributed by atoms with Crippen LogP contribution in [0.1, 0.15) is 13.8 Å². The topological polar surface area (TPSA) is 89.5 Å². The summed E-state index contributed by atoms with van der Waals surface area (Å²) >= 11 is 0. The quantitative estimate of drug-likeness (QED) is 0.526. The van der Waals surface area contributed by atoms with Crippen LogP contribution in [0.15, 0.2) is 35.2 Å². The highest BCUT2D eigenvalue weighted by Crippen LogP contribution is 2.32. The minimum absolute atomic E-state index is 0.0820. The molecule has 1 amide bonds. The van der Waals surface area contributed by atoms with Crippen molar-refractivity contribution in [1.82, 2.24) is 0 Å². The van der Waals surface area contributed by atoms with Gasteiger partial charge in [-0.05, 0) is 29.7 Å². The fourth-order valence-corrected chi connectivity index (χ4v) is 2.75. The van der Waals surface area contributed by atoms with Crippen molar-refractivity contribution in [2.24, 2.45) is 0 Å². The number of hydrogen-bond acceptors (Lipinski definition) is 5. The van der Waals surface area contributed by atoms with Crippen LogP contribution in [-0.2, 0) is 18.6 Å².